The zero-order chi connectivity index (χ0) is 16.7. The van der Waals surface area contributed by atoms with Crippen molar-refractivity contribution in [3.63, 3.8) is 0 Å². The van der Waals surface area contributed by atoms with E-state index in [1.165, 1.54) is 32.1 Å². The maximum Gasteiger partial charge on any atom is 0.246 e. The Morgan fingerprint density at radius 1 is 1.17 bits per heavy atom. The maximum absolute atomic E-state index is 12.3. The largest absolute Gasteiger partial charge is 0.493 e. The van der Waals surface area contributed by atoms with Crippen molar-refractivity contribution in [2.75, 3.05) is 27.8 Å². The van der Waals surface area contributed by atoms with E-state index in [1.54, 1.807) is 20.3 Å². The lowest BCUT2D eigenvalue weighted by molar-refractivity contribution is -0.125. The lowest BCUT2D eigenvalue weighted by Gasteiger charge is -2.26. The zero-order valence-electron chi connectivity index (χ0n) is 14.4. The minimum atomic E-state index is 0.0466. The molecule has 1 saturated carbocycles. The van der Waals surface area contributed by atoms with Gasteiger partial charge in [-0.2, -0.15) is 0 Å². The van der Waals surface area contributed by atoms with Gasteiger partial charge in [-0.1, -0.05) is 25.3 Å². The Morgan fingerprint density at radius 3 is 2.52 bits per heavy atom. The molecule has 0 saturated heterocycles. The number of methoxy groups -OCH3 is 2. The SMILES string of the molecule is COc1ccc(/C=C/C(=O)N(C)CC2CCCCC2)cc1OC. The summed E-state index contributed by atoms with van der Waals surface area (Å²) in [5.41, 5.74) is 0.919. The molecule has 0 aliphatic heterocycles. The number of amides is 1. The molecule has 0 bridgehead atoms. The molecule has 0 radical (unpaired) electrons. The van der Waals surface area contributed by atoms with Gasteiger partial charge in [0, 0.05) is 19.7 Å². The molecular weight excluding hydrogens is 290 g/mol. The van der Waals surface area contributed by atoms with Gasteiger partial charge in [0.15, 0.2) is 11.5 Å². The average Bonchev–Trinajstić information content (AvgIpc) is 2.60. The number of ether oxygens (including phenoxy) is 2. The van der Waals surface area contributed by atoms with Gasteiger partial charge in [-0.25, -0.2) is 0 Å². The molecule has 23 heavy (non-hydrogen) atoms. The highest BCUT2D eigenvalue weighted by Crippen LogP contribution is 2.28. The highest BCUT2D eigenvalue weighted by molar-refractivity contribution is 5.91. The smallest absolute Gasteiger partial charge is 0.246 e. The molecule has 4 heteroatoms. The molecule has 0 heterocycles. The summed E-state index contributed by atoms with van der Waals surface area (Å²) in [5.74, 6) is 2.06. The van der Waals surface area contributed by atoms with Crippen LogP contribution in [0.3, 0.4) is 0 Å². The summed E-state index contributed by atoms with van der Waals surface area (Å²) in [7, 11) is 5.10. The molecule has 0 spiro atoms. The zero-order valence-corrected chi connectivity index (χ0v) is 14.4. The number of benzene rings is 1. The van der Waals surface area contributed by atoms with Crippen LogP contribution in [0.4, 0.5) is 0 Å². The molecule has 1 fully saturated rings. The van der Waals surface area contributed by atoms with Crippen LogP contribution in [-0.2, 0) is 4.79 Å². The molecule has 1 aliphatic carbocycles. The Morgan fingerprint density at radius 2 is 1.87 bits per heavy atom. The average molecular weight is 317 g/mol. The molecule has 0 aromatic heterocycles. The van der Waals surface area contributed by atoms with Crippen LogP contribution >= 0.6 is 0 Å². The van der Waals surface area contributed by atoms with Crippen molar-refractivity contribution in [1.82, 2.24) is 4.90 Å². The predicted molar refractivity (Wildman–Crippen MR) is 92.8 cm³/mol. The minimum absolute atomic E-state index is 0.0466. The summed E-state index contributed by atoms with van der Waals surface area (Å²) in [6.07, 6.45) is 9.88. The third-order valence-electron chi connectivity index (χ3n) is 4.46. The van der Waals surface area contributed by atoms with Gasteiger partial charge in [-0.3, -0.25) is 4.79 Å². The van der Waals surface area contributed by atoms with Crippen LogP contribution in [0.1, 0.15) is 37.7 Å². The van der Waals surface area contributed by atoms with Crippen molar-refractivity contribution in [3.8, 4) is 11.5 Å². The van der Waals surface area contributed by atoms with Gasteiger partial charge >= 0.3 is 0 Å². The number of likely N-dealkylation sites (N-methyl/N-ethyl adjacent to an activating group) is 1. The lowest BCUT2D eigenvalue weighted by Crippen LogP contribution is -2.31. The summed E-state index contributed by atoms with van der Waals surface area (Å²) >= 11 is 0. The molecular formula is C19H27NO3. The van der Waals surface area contributed by atoms with Gasteiger partial charge in [-0.05, 0) is 42.5 Å². The first kappa shape index (κ1) is 17.4. The fourth-order valence-electron chi connectivity index (χ4n) is 3.10. The van der Waals surface area contributed by atoms with Crippen molar-refractivity contribution >= 4 is 12.0 Å². The predicted octanol–water partition coefficient (Wildman–Crippen LogP) is 3.76. The normalized spacial score (nSPS) is 15.6. The van der Waals surface area contributed by atoms with Crippen LogP contribution in [0, 0.1) is 5.92 Å². The van der Waals surface area contributed by atoms with Crippen LogP contribution < -0.4 is 9.47 Å². The van der Waals surface area contributed by atoms with Gasteiger partial charge in [-0.15, -0.1) is 0 Å². The minimum Gasteiger partial charge on any atom is -0.493 e. The van der Waals surface area contributed by atoms with E-state index >= 15 is 0 Å². The third kappa shape index (κ3) is 5.02. The summed E-state index contributed by atoms with van der Waals surface area (Å²) in [4.78, 5) is 14.1. The van der Waals surface area contributed by atoms with Crippen LogP contribution in [-0.4, -0.2) is 38.6 Å². The van der Waals surface area contributed by atoms with Gasteiger partial charge in [0.1, 0.15) is 0 Å². The molecule has 126 valence electrons. The van der Waals surface area contributed by atoms with E-state index in [2.05, 4.69) is 0 Å². The standard InChI is InChI=1S/C19H27NO3/c1-20(14-16-7-5-4-6-8-16)19(21)12-10-15-9-11-17(22-2)18(13-15)23-3/h9-13,16H,4-8,14H2,1-3H3/b12-10+. The molecule has 0 atom stereocenters. The second-order valence-corrected chi connectivity index (χ2v) is 6.17. The first-order valence-corrected chi connectivity index (χ1v) is 8.29. The first-order chi connectivity index (χ1) is 11.1. The van der Waals surface area contributed by atoms with Crippen LogP contribution in [0.25, 0.3) is 6.08 Å². The molecule has 0 unspecified atom stereocenters. The Balaban J connectivity index is 1.94. The highest BCUT2D eigenvalue weighted by atomic mass is 16.5. The maximum atomic E-state index is 12.3. The monoisotopic (exact) mass is 317 g/mol. The molecule has 1 aliphatic rings. The topological polar surface area (TPSA) is 38.8 Å². The second kappa shape index (κ2) is 8.61. The number of carbonyl (C=O) groups excluding carboxylic acids is 1. The quantitative estimate of drug-likeness (QED) is 0.750. The molecule has 0 N–H and O–H groups in total. The van der Waals surface area contributed by atoms with Crippen molar-refractivity contribution in [3.05, 3.63) is 29.8 Å². The second-order valence-electron chi connectivity index (χ2n) is 6.17. The van der Waals surface area contributed by atoms with Gasteiger partial charge in [0.2, 0.25) is 5.91 Å². The number of nitrogens with zero attached hydrogens (tertiary/aromatic N) is 1. The van der Waals surface area contributed by atoms with Crippen LogP contribution in [0.5, 0.6) is 11.5 Å². The Labute approximate surface area is 139 Å². The molecule has 2 rings (SSSR count). The number of hydrogen-bond donors (Lipinski definition) is 0. The lowest BCUT2D eigenvalue weighted by atomic mass is 9.89. The summed E-state index contributed by atoms with van der Waals surface area (Å²) in [6.45, 7) is 0.856. The Hall–Kier alpha value is -1.97. The van der Waals surface area contributed by atoms with Gasteiger partial charge in [0.05, 0.1) is 14.2 Å². The Bertz CT molecular complexity index is 548. The van der Waals surface area contributed by atoms with Crippen LogP contribution in [0.15, 0.2) is 24.3 Å². The fraction of sp³-hybridized carbons (Fsp3) is 0.526. The van der Waals surface area contributed by atoms with E-state index in [4.69, 9.17) is 9.47 Å². The van der Waals surface area contributed by atoms with E-state index in [0.29, 0.717) is 17.4 Å². The summed E-state index contributed by atoms with van der Waals surface area (Å²) in [5, 5.41) is 0. The molecule has 1 amide bonds. The van der Waals surface area contributed by atoms with E-state index in [9.17, 15) is 4.79 Å². The van der Waals surface area contributed by atoms with Gasteiger partial charge in [0.25, 0.3) is 0 Å². The van der Waals surface area contributed by atoms with Crippen molar-refractivity contribution in [2.45, 2.75) is 32.1 Å². The van der Waals surface area contributed by atoms with E-state index in [1.807, 2.05) is 36.2 Å². The fourth-order valence-corrected chi connectivity index (χ4v) is 3.10. The van der Waals surface area contributed by atoms with E-state index in [-0.39, 0.29) is 5.91 Å². The number of carbonyl (C=O) groups is 1. The van der Waals surface area contributed by atoms with Crippen molar-refractivity contribution in [2.24, 2.45) is 5.92 Å². The van der Waals surface area contributed by atoms with E-state index in [0.717, 1.165) is 12.1 Å². The Kier molecular flexibility index (Phi) is 6.51. The molecule has 1 aromatic rings. The van der Waals surface area contributed by atoms with E-state index < -0.39 is 0 Å². The highest BCUT2D eigenvalue weighted by Gasteiger charge is 2.17. The summed E-state index contributed by atoms with van der Waals surface area (Å²) in [6, 6.07) is 5.62. The summed E-state index contributed by atoms with van der Waals surface area (Å²) < 4.78 is 10.5. The third-order valence-corrected chi connectivity index (χ3v) is 4.46. The molecule has 4 nitrogen and oxygen atoms in total. The molecule has 1 aromatic carbocycles. The van der Waals surface area contributed by atoms with Crippen molar-refractivity contribution in [1.29, 1.82) is 0 Å². The van der Waals surface area contributed by atoms with Gasteiger partial charge < -0.3 is 14.4 Å². The number of rotatable bonds is 6. The number of hydrogen-bond acceptors (Lipinski definition) is 3. The van der Waals surface area contributed by atoms with Crippen molar-refractivity contribution < 1.29 is 14.3 Å². The first-order valence-electron chi connectivity index (χ1n) is 8.29. The van der Waals surface area contributed by atoms with Crippen LogP contribution in [0.2, 0.25) is 0 Å².